The number of aromatic hydroxyl groups is 1. The van der Waals surface area contributed by atoms with Crippen LogP contribution in [0.25, 0.3) is 0 Å². The molecule has 0 aliphatic carbocycles. The van der Waals surface area contributed by atoms with Crippen molar-refractivity contribution in [3.63, 3.8) is 0 Å². The van der Waals surface area contributed by atoms with Gasteiger partial charge < -0.3 is 10.4 Å². The van der Waals surface area contributed by atoms with Gasteiger partial charge in [-0.2, -0.15) is 0 Å². The number of phenolic OH excluding ortho intramolecular Hbond substituents is 1. The lowest BCUT2D eigenvalue weighted by Crippen LogP contribution is -2.10. The fourth-order valence-electron chi connectivity index (χ4n) is 1.31. The van der Waals surface area contributed by atoms with Crippen LogP contribution in [0.4, 0.5) is 5.69 Å². The Labute approximate surface area is 104 Å². The molecular weight excluding hydrogens is 249 g/mol. The zero-order valence-electron chi connectivity index (χ0n) is 9.10. The van der Waals surface area contributed by atoms with Crippen molar-refractivity contribution >= 4 is 34.8 Å². The average molecular weight is 262 g/mol. The van der Waals surface area contributed by atoms with Gasteiger partial charge in [0.15, 0.2) is 5.75 Å². The normalized spacial score (nSPS) is 10.2. The Hall–Kier alpha value is -0.930. The number of amides is 1. The predicted molar refractivity (Wildman–Crippen MR) is 66.4 cm³/mol. The van der Waals surface area contributed by atoms with E-state index in [0.717, 1.165) is 0 Å². The standard InChI is InChI=1S/C11H13Cl2NO2/c1-3-6-7(12)5-8(11(16)10(6)13)14-9(15)4-2/h5,16H,3-4H2,1-2H3,(H,14,15). The van der Waals surface area contributed by atoms with Crippen LogP contribution in [-0.2, 0) is 11.2 Å². The molecule has 0 bridgehead atoms. The molecule has 2 N–H and O–H groups in total. The summed E-state index contributed by atoms with van der Waals surface area (Å²) < 4.78 is 0. The summed E-state index contributed by atoms with van der Waals surface area (Å²) in [6, 6.07) is 1.51. The van der Waals surface area contributed by atoms with Crippen LogP contribution in [0.2, 0.25) is 10.0 Å². The lowest BCUT2D eigenvalue weighted by Gasteiger charge is -2.12. The van der Waals surface area contributed by atoms with E-state index in [1.54, 1.807) is 6.92 Å². The second-order valence-electron chi connectivity index (χ2n) is 3.30. The van der Waals surface area contributed by atoms with Crippen LogP contribution < -0.4 is 5.32 Å². The summed E-state index contributed by atoms with van der Waals surface area (Å²) in [5.41, 5.74) is 0.925. The van der Waals surface area contributed by atoms with E-state index in [9.17, 15) is 9.90 Å². The molecule has 1 rings (SSSR count). The summed E-state index contributed by atoms with van der Waals surface area (Å²) in [5, 5.41) is 12.9. The van der Waals surface area contributed by atoms with Gasteiger partial charge in [0.25, 0.3) is 0 Å². The molecule has 0 aliphatic rings. The fourth-order valence-corrected chi connectivity index (χ4v) is 2.03. The van der Waals surface area contributed by atoms with Gasteiger partial charge >= 0.3 is 0 Å². The molecule has 0 fully saturated rings. The van der Waals surface area contributed by atoms with E-state index >= 15 is 0 Å². The topological polar surface area (TPSA) is 49.3 Å². The quantitative estimate of drug-likeness (QED) is 0.817. The Morgan fingerprint density at radius 2 is 2.06 bits per heavy atom. The lowest BCUT2D eigenvalue weighted by molar-refractivity contribution is -0.115. The first-order chi connectivity index (χ1) is 7.51. The van der Waals surface area contributed by atoms with Crippen molar-refractivity contribution in [2.24, 2.45) is 0 Å². The minimum absolute atomic E-state index is 0.135. The van der Waals surface area contributed by atoms with Crippen molar-refractivity contribution in [3.05, 3.63) is 21.7 Å². The minimum Gasteiger partial charge on any atom is -0.504 e. The summed E-state index contributed by atoms with van der Waals surface area (Å²) in [6.07, 6.45) is 0.942. The molecule has 0 radical (unpaired) electrons. The van der Waals surface area contributed by atoms with E-state index in [0.29, 0.717) is 23.4 Å². The molecule has 0 aromatic heterocycles. The first kappa shape index (κ1) is 13.1. The molecule has 88 valence electrons. The second kappa shape index (κ2) is 5.41. The zero-order valence-corrected chi connectivity index (χ0v) is 10.6. The summed E-state index contributed by atoms with van der Waals surface area (Å²) in [7, 11) is 0. The Morgan fingerprint density at radius 3 is 2.56 bits per heavy atom. The molecule has 5 heteroatoms. The molecule has 0 heterocycles. The van der Waals surface area contributed by atoms with E-state index in [-0.39, 0.29) is 22.4 Å². The molecule has 1 aromatic rings. The van der Waals surface area contributed by atoms with Crippen molar-refractivity contribution in [2.75, 3.05) is 5.32 Å². The van der Waals surface area contributed by atoms with Gasteiger partial charge in [-0.3, -0.25) is 4.79 Å². The number of hydrogen-bond donors (Lipinski definition) is 2. The number of carbonyl (C=O) groups is 1. The SMILES string of the molecule is CCC(=O)Nc1cc(Cl)c(CC)c(Cl)c1O. The number of phenols is 1. The highest BCUT2D eigenvalue weighted by atomic mass is 35.5. The summed E-state index contributed by atoms with van der Waals surface area (Å²) in [4.78, 5) is 11.2. The van der Waals surface area contributed by atoms with E-state index < -0.39 is 0 Å². The van der Waals surface area contributed by atoms with Gasteiger partial charge in [-0.15, -0.1) is 0 Å². The van der Waals surface area contributed by atoms with E-state index in [2.05, 4.69) is 5.32 Å². The largest absolute Gasteiger partial charge is 0.504 e. The molecule has 0 aliphatic heterocycles. The molecular formula is C11H13Cl2NO2. The Kier molecular flexibility index (Phi) is 4.44. The average Bonchev–Trinajstić information content (AvgIpc) is 2.26. The van der Waals surface area contributed by atoms with Crippen molar-refractivity contribution < 1.29 is 9.90 Å². The zero-order chi connectivity index (χ0) is 12.3. The Morgan fingerprint density at radius 1 is 1.44 bits per heavy atom. The maximum atomic E-state index is 11.2. The maximum Gasteiger partial charge on any atom is 0.224 e. The van der Waals surface area contributed by atoms with E-state index in [1.165, 1.54) is 6.07 Å². The third-order valence-corrected chi connectivity index (χ3v) is 2.98. The molecule has 1 amide bonds. The van der Waals surface area contributed by atoms with Gasteiger partial charge in [-0.05, 0) is 18.1 Å². The van der Waals surface area contributed by atoms with E-state index in [4.69, 9.17) is 23.2 Å². The molecule has 0 spiro atoms. The van der Waals surface area contributed by atoms with Gasteiger partial charge in [-0.1, -0.05) is 37.0 Å². The molecule has 1 aromatic carbocycles. The molecule has 0 atom stereocenters. The molecule has 0 unspecified atom stereocenters. The number of halogens is 2. The number of anilines is 1. The van der Waals surface area contributed by atoms with Crippen molar-refractivity contribution in [3.8, 4) is 5.75 Å². The smallest absolute Gasteiger partial charge is 0.224 e. The summed E-state index contributed by atoms with van der Waals surface area (Å²) in [5.74, 6) is -0.337. The van der Waals surface area contributed by atoms with Crippen LogP contribution in [-0.4, -0.2) is 11.0 Å². The Bertz CT molecular complexity index is 419. The summed E-state index contributed by atoms with van der Waals surface area (Å²) in [6.45, 7) is 3.60. The van der Waals surface area contributed by atoms with Crippen molar-refractivity contribution in [2.45, 2.75) is 26.7 Å². The molecule has 3 nitrogen and oxygen atoms in total. The van der Waals surface area contributed by atoms with Gasteiger partial charge in [0.05, 0.1) is 10.7 Å². The minimum atomic E-state index is -0.202. The second-order valence-corrected chi connectivity index (χ2v) is 4.09. The van der Waals surface area contributed by atoms with Crippen molar-refractivity contribution in [1.29, 1.82) is 0 Å². The van der Waals surface area contributed by atoms with Crippen LogP contribution in [0.5, 0.6) is 5.75 Å². The van der Waals surface area contributed by atoms with E-state index in [1.807, 2.05) is 6.92 Å². The van der Waals surface area contributed by atoms with Gasteiger partial charge in [0.1, 0.15) is 0 Å². The number of hydrogen-bond acceptors (Lipinski definition) is 2. The third-order valence-electron chi connectivity index (χ3n) is 2.24. The van der Waals surface area contributed by atoms with Crippen LogP contribution in [0.1, 0.15) is 25.8 Å². The first-order valence-corrected chi connectivity index (χ1v) is 5.76. The highest BCUT2D eigenvalue weighted by Gasteiger charge is 2.15. The molecule has 0 saturated carbocycles. The van der Waals surface area contributed by atoms with Crippen molar-refractivity contribution in [1.82, 2.24) is 0 Å². The highest BCUT2D eigenvalue weighted by molar-refractivity contribution is 6.37. The maximum absolute atomic E-state index is 11.2. The number of carbonyl (C=O) groups excluding carboxylic acids is 1. The first-order valence-electron chi connectivity index (χ1n) is 5.00. The van der Waals surface area contributed by atoms with Crippen LogP contribution in [0.3, 0.4) is 0 Å². The fraction of sp³-hybridized carbons (Fsp3) is 0.364. The molecule has 16 heavy (non-hydrogen) atoms. The van der Waals surface area contributed by atoms with Crippen LogP contribution in [0.15, 0.2) is 6.07 Å². The van der Waals surface area contributed by atoms with Crippen LogP contribution in [0, 0.1) is 0 Å². The predicted octanol–water partition coefficient (Wildman–Crippen LogP) is 3.61. The van der Waals surface area contributed by atoms with Gasteiger partial charge in [0, 0.05) is 11.4 Å². The lowest BCUT2D eigenvalue weighted by atomic mass is 10.1. The van der Waals surface area contributed by atoms with Crippen LogP contribution >= 0.6 is 23.2 Å². The number of nitrogens with one attached hydrogen (secondary N) is 1. The molecule has 0 saturated heterocycles. The number of rotatable bonds is 3. The van der Waals surface area contributed by atoms with Gasteiger partial charge in [-0.25, -0.2) is 0 Å². The summed E-state index contributed by atoms with van der Waals surface area (Å²) >= 11 is 11.9. The van der Waals surface area contributed by atoms with Gasteiger partial charge in [0.2, 0.25) is 5.91 Å². The number of benzene rings is 1. The Balaban J connectivity index is 3.18. The monoisotopic (exact) mass is 261 g/mol. The highest BCUT2D eigenvalue weighted by Crippen LogP contribution is 2.39. The third kappa shape index (κ3) is 2.60.